The SMILES string of the molecule is COc1cc(C(=O)CC(Cc2ccccc2)(NC(=O)[C@@H]2CCCN2)c2ccccc2)cc(OC)c1OC. The first-order valence-corrected chi connectivity index (χ1v) is 12.5. The summed E-state index contributed by atoms with van der Waals surface area (Å²) in [6.07, 6.45) is 2.21. The average molecular weight is 503 g/mol. The van der Waals surface area contributed by atoms with Crippen LogP contribution in [-0.4, -0.2) is 45.6 Å². The number of carbonyl (C=O) groups excluding carboxylic acids is 2. The van der Waals surface area contributed by atoms with E-state index < -0.39 is 5.54 Å². The lowest BCUT2D eigenvalue weighted by atomic mass is 9.78. The number of carbonyl (C=O) groups is 2. The van der Waals surface area contributed by atoms with Crippen molar-refractivity contribution < 1.29 is 23.8 Å². The summed E-state index contributed by atoms with van der Waals surface area (Å²) in [6.45, 7) is 0.805. The van der Waals surface area contributed by atoms with E-state index in [1.54, 1.807) is 12.1 Å². The maximum Gasteiger partial charge on any atom is 0.237 e. The van der Waals surface area contributed by atoms with Gasteiger partial charge in [-0.2, -0.15) is 0 Å². The molecule has 1 unspecified atom stereocenters. The first kappa shape index (κ1) is 26.2. The molecule has 1 amide bonds. The number of benzene rings is 3. The van der Waals surface area contributed by atoms with Gasteiger partial charge in [0.1, 0.15) is 0 Å². The van der Waals surface area contributed by atoms with Gasteiger partial charge in [0.2, 0.25) is 11.7 Å². The van der Waals surface area contributed by atoms with Crippen molar-refractivity contribution in [3.8, 4) is 17.2 Å². The second kappa shape index (κ2) is 11.9. The summed E-state index contributed by atoms with van der Waals surface area (Å²) in [5.41, 5.74) is 1.33. The third-order valence-electron chi connectivity index (χ3n) is 6.86. The first-order valence-electron chi connectivity index (χ1n) is 12.5. The molecule has 7 heteroatoms. The van der Waals surface area contributed by atoms with Crippen LogP contribution in [0.1, 0.15) is 40.7 Å². The summed E-state index contributed by atoms with van der Waals surface area (Å²) in [7, 11) is 4.56. The van der Waals surface area contributed by atoms with Crippen molar-refractivity contribution in [2.24, 2.45) is 0 Å². The van der Waals surface area contributed by atoms with Gasteiger partial charge in [-0.25, -0.2) is 0 Å². The molecule has 1 saturated heterocycles. The number of hydrogen-bond acceptors (Lipinski definition) is 6. The van der Waals surface area contributed by atoms with Crippen molar-refractivity contribution in [1.82, 2.24) is 10.6 Å². The van der Waals surface area contributed by atoms with Crippen LogP contribution in [0.3, 0.4) is 0 Å². The van der Waals surface area contributed by atoms with E-state index in [1.165, 1.54) is 21.3 Å². The molecular weight excluding hydrogens is 468 g/mol. The third-order valence-corrected chi connectivity index (χ3v) is 6.86. The van der Waals surface area contributed by atoms with Crippen molar-refractivity contribution in [2.45, 2.75) is 37.3 Å². The Morgan fingerprint density at radius 3 is 2.08 bits per heavy atom. The predicted molar refractivity (Wildman–Crippen MR) is 142 cm³/mol. The molecule has 0 radical (unpaired) electrons. The Kier molecular flexibility index (Phi) is 8.46. The highest BCUT2D eigenvalue weighted by atomic mass is 16.5. The number of ether oxygens (including phenoxy) is 3. The van der Waals surface area contributed by atoms with E-state index in [2.05, 4.69) is 10.6 Å². The molecule has 7 nitrogen and oxygen atoms in total. The van der Waals surface area contributed by atoms with Crippen molar-refractivity contribution >= 4 is 11.7 Å². The molecule has 3 aromatic rings. The van der Waals surface area contributed by atoms with Crippen molar-refractivity contribution in [3.63, 3.8) is 0 Å². The molecule has 0 spiro atoms. The molecule has 194 valence electrons. The Morgan fingerprint density at radius 1 is 0.919 bits per heavy atom. The van der Waals surface area contributed by atoms with Gasteiger partial charge in [0.15, 0.2) is 17.3 Å². The molecule has 1 aliphatic heterocycles. The van der Waals surface area contributed by atoms with Gasteiger partial charge < -0.3 is 24.8 Å². The smallest absolute Gasteiger partial charge is 0.237 e. The van der Waals surface area contributed by atoms with Crippen molar-refractivity contribution in [2.75, 3.05) is 27.9 Å². The number of hydrogen-bond donors (Lipinski definition) is 2. The second-order valence-corrected chi connectivity index (χ2v) is 9.26. The van der Waals surface area contributed by atoms with E-state index in [-0.39, 0.29) is 24.2 Å². The van der Waals surface area contributed by atoms with Gasteiger partial charge in [-0.05, 0) is 42.6 Å². The number of amides is 1. The predicted octanol–water partition coefficient (Wildman–Crippen LogP) is 4.29. The van der Waals surface area contributed by atoms with Gasteiger partial charge >= 0.3 is 0 Å². The number of methoxy groups -OCH3 is 3. The Bertz CT molecular complexity index is 1180. The summed E-state index contributed by atoms with van der Waals surface area (Å²) in [5.74, 6) is 0.963. The number of nitrogens with one attached hydrogen (secondary N) is 2. The molecule has 0 saturated carbocycles. The Labute approximate surface area is 218 Å². The Balaban J connectivity index is 1.78. The third kappa shape index (κ3) is 5.94. The molecule has 1 fully saturated rings. The van der Waals surface area contributed by atoms with E-state index in [0.29, 0.717) is 29.2 Å². The number of Topliss-reactive ketones (excluding diaryl/α,β-unsaturated/α-hetero) is 1. The van der Waals surface area contributed by atoms with Crippen LogP contribution in [-0.2, 0) is 16.8 Å². The van der Waals surface area contributed by atoms with Crippen LogP contribution in [0.15, 0.2) is 72.8 Å². The second-order valence-electron chi connectivity index (χ2n) is 9.26. The van der Waals surface area contributed by atoms with Gasteiger partial charge in [-0.1, -0.05) is 60.7 Å². The number of ketones is 1. The molecule has 0 aliphatic carbocycles. The van der Waals surface area contributed by atoms with E-state index in [4.69, 9.17) is 14.2 Å². The van der Waals surface area contributed by atoms with E-state index in [9.17, 15) is 9.59 Å². The maximum absolute atomic E-state index is 13.9. The fourth-order valence-electron chi connectivity index (χ4n) is 4.98. The number of rotatable bonds is 11. The van der Waals surface area contributed by atoms with Crippen LogP contribution in [0.4, 0.5) is 0 Å². The van der Waals surface area contributed by atoms with Crippen LogP contribution in [0, 0.1) is 0 Å². The van der Waals surface area contributed by atoms with Gasteiger partial charge in [-0.3, -0.25) is 9.59 Å². The van der Waals surface area contributed by atoms with Crippen LogP contribution in [0.5, 0.6) is 17.2 Å². The highest BCUT2D eigenvalue weighted by Gasteiger charge is 2.39. The summed E-state index contributed by atoms with van der Waals surface area (Å²) < 4.78 is 16.4. The zero-order valence-electron chi connectivity index (χ0n) is 21.6. The molecule has 0 aromatic heterocycles. The molecular formula is C30H34N2O5. The van der Waals surface area contributed by atoms with E-state index in [1.807, 2.05) is 60.7 Å². The standard InChI is InChI=1S/C30H34N2O5/c1-35-26-17-22(18-27(36-2)28(26)37-3)25(33)20-30(23-13-8-5-9-14-23,19-21-11-6-4-7-12-21)32-29(34)24-15-10-16-31-24/h4-9,11-14,17-18,24,31H,10,15-16,19-20H2,1-3H3,(H,32,34)/t24-,30?/m0/s1. The van der Waals surface area contributed by atoms with Crippen LogP contribution in [0.25, 0.3) is 0 Å². The van der Waals surface area contributed by atoms with Crippen LogP contribution in [0.2, 0.25) is 0 Å². The van der Waals surface area contributed by atoms with E-state index >= 15 is 0 Å². The summed E-state index contributed by atoms with van der Waals surface area (Å²) >= 11 is 0. The lowest BCUT2D eigenvalue weighted by Crippen LogP contribution is -2.53. The Hall–Kier alpha value is -3.84. The summed E-state index contributed by atoms with van der Waals surface area (Å²) in [4.78, 5) is 27.4. The van der Waals surface area contributed by atoms with Gasteiger partial charge in [0.25, 0.3) is 0 Å². The van der Waals surface area contributed by atoms with E-state index in [0.717, 1.165) is 30.5 Å². The van der Waals surface area contributed by atoms with Crippen molar-refractivity contribution in [1.29, 1.82) is 0 Å². The first-order chi connectivity index (χ1) is 18.0. The highest BCUT2D eigenvalue weighted by Crippen LogP contribution is 2.40. The molecule has 1 aliphatic rings. The molecule has 2 atom stereocenters. The molecule has 3 aromatic carbocycles. The van der Waals surface area contributed by atoms with Gasteiger partial charge in [-0.15, -0.1) is 0 Å². The van der Waals surface area contributed by atoms with Crippen LogP contribution >= 0.6 is 0 Å². The van der Waals surface area contributed by atoms with Gasteiger partial charge in [0, 0.05) is 18.4 Å². The summed E-state index contributed by atoms with van der Waals surface area (Å²) in [6, 6.07) is 22.7. The quantitative estimate of drug-likeness (QED) is 0.381. The molecule has 37 heavy (non-hydrogen) atoms. The molecule has 0 bridgehead atoms. The fraction of sp³-hybridized carbons (Fsp3) is 0.333. The monoisotopic (exact) mass is 502 g/mol. The molecule has 1 heterocycles. The molecule has 4 rings (SSSR count). The Morgan fingerprint density at radius 2 is 1.54 bits per heavy atom. The minimum absolute atomic E-state index is 0.0446. The average Bonchev–Trinajstić information content (AvgIpc) is 3.48. The zero-order chi connectivity index (χ0) is 26.3. The maximum atomic E-state index is 13.9. The van der Waals surface area contributed by atoms with Gasteiger partial charge in [0.05, 0.1) is 32.9 Å². The normalized spacial score (nSPS) is 16.5. The summed E-state index contributed by atoms with van der Waals surface area (Å²) in [5, 5.41) is 6.59. The minimum atomic E-state index is -0.971. The minimum Gasteiger partial charge on any atom is -0.493 e. The van der Waals surface area contributed by atoms with Crippen molar-refractivity contribution in [3.05, 3.63) is 89.5 Å². The fourth-order valence-corrected chi connectivity index (χ4v) is 4.98. The highest BCUT2D eigenvalue weighted by molar-refractivity contribution is 5.98. The largest absolute Gasteiger partial charge is 0.493 e. The lowest BCUT2D eigenvalue weighted by molar-refractivity contribution is -0.124. The molecule has 2 N–H and O–H groups in total. The van der Waals surface area contributed by atoms with Crippen LogP contribution < -0.4 is 24.8 Å². The topological polar surface area (TPSA) is 85.9 Å². The lowest BCUT2D eigenvalue weighted by Gasteiger charge is -2.36. The zero-order valence-corrected chi connectivity index (χ0v) is 21.6.